The van der Waals surface area contributed by atoms with Crippen molar-refractivity contribution in [2.45, 2.75) is 13.8 Å². The summed E-state index contributed by atoms with van der Waals surface area (Å²) in [5.41, 5.74) is 10.7. The zero-order chi connectivity index (χ0) is 29.9. The second-order valence-corrected chi connectivity index (χ2v) is 10.7. The van der Waals surface area contributed by atoms with Crippen molar-refractivity contribution in [2.75, 3.05) is 0 Å². The van der Waals surface area contributed by atoms with Crippen LogP contribution in [0.1, 0.15) is 11.4 Å². The van der Waals surface area contributed by atoms with Crippen molar-refractivity contribution in [3.05, 3.63) is 151 Å². The van der Waals surface area contributed by atoms with Crippen LogP contribution in [0.5, 0.6) is 0 Å². The minimum atomic E-state index is 0.601. The van der Waals surface area contributed by atoms with Gasteiger partial charge in [-0.15, -0.1) is 0 Å². The van der Waals surface area contributed by atoms with Crippen molar-refractivity contribution in [3.63, 3.8) is 0 Å². The van der Waals surface area contributed by atoms with Gasteiger partial charge >= 0.3 is 0 Å². The summed E-state index contributed by atoms with van der Waals surface area (Å²) in [7, 11) is 0. The lowest BCUT2D eigenvalue weighted by atomic mass is 10.0. The molecule has 0 radical (unpaired) electrons. The topological polar surface area (TPSA) is 64.5 Å². The molecule has 5 heteroatoms. The highest BCUT2D eigenvalue weighted by molar-refractivity contribution is 5.75. The van der Waals surface area contributed by atoms with Gasteiger partial charge in [-0.2, -0.15) is 0 Å². The van der Waals surface area contributed by atoms with Gasteiger partial charge in [0.2, 0.25) is 0 Å². The minimum Gasteiger partial charge on any atom is -0.253 e. The van der Waals surface area contributed by atoms with Gasteiger partial charge in [0.15, 0.2) is 17.5 Å². The molecule has 0 atom stereocenters. The number of aryl methyl sites for hydroxylation is 2. The molecular formula is C39H29N5. The first-order valence-electron chi connectivity index (χ1n) is 14.6. The van der Waals surface area contributed by atoms with Crippen LogP contribution in [0.25, 0.3) is 67.8 Å². The van der Waals surface area contributed by atoms with Crippen molar-refractivity contribution in [2.24, 2.45) is 0 Å². The van der Waals surface area contributed by atoms with E-state index in [1.54, 1.807) is 0 Å². The summed E-state index contributed by atoms with van der Waals surface area (Å²) in [6.45, 7) is 4.00. The number of nitrogens with zero attached hydrogens (tertiary/aromatic N) is 5. The molecule has 210 valence electrons. The number of hydrogen-bond donors (Lipinski definition) is 0. The van der Waals surface area contributed by atoms with Gasteiger partial charge < -0.3 is 0 Å². The van der Waals surface area contributed by atoms with Crippen molar-refractivity contribution < 1.29 is 0 Å². The molecule has 7 rings (SSSR count). The maximum Gasteiger partial charge on any atom is 0.164 e. The van der Waals surface area contributed by atoms with E-state index >= 15 is 0 Å². The lowest BCUT2D eigenvalue weighted by Gasteiger charge is -2.11. The molecule has 44 heavy (non-hydrogen) atoms. The van der Waals surface area contributed by atoms with Crippen molar-refractivity contribution in [1.82, 2.24) is 24.9 Å². The fourth-order valence-electron chi connectivity index (χ4n) is 5.27. The standard InChI is InChI=1S/C39H29N5/c1-26-11-6-21-35(40-26)30-16-9-19-33(24-30)38-42-37(32-18-8-15-29(23-32)28-13-4-3-5-14-28)43-39(44-38)34-20-10-17-31(25-34)36-22-7-12-27(2)41-36/h3-25H,1-2H3. The molecule has 0 aliphatic carbocycles. The Balaban J connectivity index is 1.38. The van der Waals surface area contributed by atoms with Crippen LogP contribution in [-0.4, -0.2) is 24.9 Å². The van der Waals surface area contributed by atoms with Crippen LogP contribution in [0.15, 0.2) is 140 Å². The second-order valence-electron chi connectivity index (χ2n) is 10.7. The van der Waals surface area contributed by atoms with Gasteiger partial charge in [-0.05, 0) is 67.4 Å². The third-order valence-electron chi connectivity index (χ3n) is 7.47. The van der Waals surface area contributed by atoms with E-state index in [-0.39, 0.29) is 0 Å². The van der Waals surface area contributed by atoms with Gasteiger partial charge in [0, 0.05) is 39.2 Å². The number of rotatable bonds is 6. The summed E-state index contributed by atoms with van der Waals surface area (Å²) >= 11 is 0. The van der Waals surface area contributed by atoms with E-state index in [2.05, 4.69) is 60.7 Å². The molecular weight excluding hydrogens is 538 g/mol. The van der Waals surface area contributed by atoms with Crippen LogP contribution in [-0.2, 0) is 0 Å². The third kappa shape index (κ3) is 5.76. The Kier molecular flexibility index (Phi) is 7.27. The van der Waals surface area contributed by atoms with Crippen molar-refractivity contribution in [3.8, 4) is 67.8 Å². The molecule has 0 aliphatic heterocycles. The normalized spacial score (nSPS) is 11.0. The Morgan fingerprint density at radius 2 is 0.659 bits per heavy atom. The van der Waals surface area contributed by atoms with E-state index in [9.17, 15) is 0 Å². The number of pyridine rings is 2. The lowest BCUT2D eigenvalue weighted by Crippen LogP contribution is -2.01. The van der Waals surface area contributed by atoms with Gasteiger partial charge in [-0.1, -0.05) is 97.1 Å². The molecule has 5 nitrogen and oxygen atoms in total. The summed E-state index contributed by atoms with van der Waals surface area (Å²) in [6, 6.07) is 47.2. The molecule has 0 fully saturated rings. The second kappa shape index (κ2) is 11.8. The molecule has 0 aliphatic rings. The molecule has 0 saturated heterocycles. The SMILES string of the molecule is Cc1cccc(-c2cccc(-c3nc(-c4cccc(-c5ccccc5)c4)nc(-c4cccc(-c5cccc(C)n5)c4)n3)c2)n1. The minimum absolute atomic E-state index is 0.601. The maximum atomic E-state index is 5.02. The zero-order valence-corrected chi connectivity index (χ0v) is 24.5. The fourth-order valence-corrected chi connectivity index (χ4v) is 5.27. The van der Waals surface area contributed by atoms with Crippen LogP contribution in [0.2, 0.25) is 0 Å². The van der Waals surface area contributed by atoms with Crippen LogP contribution >= 0.6 is 0 Å². The molecule has 0 unspecified atom stereocenters. The van der Waals surface area contributed by atoms with E-state index in [0.717, 1.165) is 61.7 Å². The highest BCUT2D eigenvalue weighted by atomic mass is 15.0. The Morgan fingerprint density at radius 1 is 0.295 bits per heavy atom. The highest BCUT2D eigenvalue weighted by Gasteiger charge is 2.15. The van der Waals surface area contributed by atoms with Crippen molar-refractivity contribution >= 4 is 0 Å². The summed E-state index contributed by atoms with van der Waals surface area (Å²) in [5.74, 6) is 1.81. The lowest BCUT2D eigenvalue weighted by molar-refractivity contribution is 1.07. The first kappa shape index (κ1) is 27.0. The molecule has 3 heterocycles. The zero-order valence-electron chi connectivity index (χ0n) is 24.5. The number of aromatic nitrogens is 5. The molecule has 3 aromatic heterocycles. The summed E-state index contributed by atoms with van der Waals surface area (Å²) < 4.78 is 0. The van der Waals surface area contributed by atoms with E-state index in [1.807, 2.05) is 92.7 Å². The highest BCUT2D eigenvalue weighted by Crippen LogP contribution is 2.31. The molecule has 4 aromatic carbocycles. The van der Waals surface area contributed by atoms with E-state index in [1.165, 1.54) is 0 Å². The summed E-state index contributed by atoms with van der Waals surface area (Å²) in [4.78, 5) is 24.5. The van der Waals surface area contributed by atoms with Gasteiger partial charge in [0.25, 0.3) is 0 Å². The fraction of sp³-hybridized carbons (Fsp3) is 0.0513. The third-order valence-corrected chi connectivity index (χ3v) is 7.47. The first-order chi connectivity index (χ1) is 21.6. The van der Waals surface area contributed by atoms with E-state index in [0.29, 0.717) is 17.5 Å². The van der Waals surface area contributed by atoms with E-state index < -0.39 is 0 Å². The summed E-state index contributed by atoms with van der Waals surface area (Å²) in [5, 5.41) is 0. The van der Waals surface area contributed by atoms with Crippen LogP contribution < -0.4 is 0 Å². The molecule has 0 saturated carbocycles. The first-order valence-corrected chi connectivity index (χ1v) is 14.6. The van der Waals surface area contributed by atoms with Gasteiger partial charge in [-0.3, -0.25) is 9.97 Å². The Morgan fingerprint density at radius 3 is 1.11 bits per heavy atom. The molecule has 0 spiro atoms. The van der Waals surface area contributed by atoms with Gasteiger partial charge in [-0.25, -0.2) is 15.0 Å². The van der Waals surface area contributed by atoms with E-state index in [4.69, 9.17) is 24.9 Å². The van der Waals surface area contributed by atoms with Gasteiger partial charge in [0.05, 0.1) is 11.4 Å². The van der Waals surface area contributed by atoms with Crippen LogP contribution in [0.3, 0.4) is 0 Å². The molecule has 0 N–H and O–H groups in total. The average molecular weight is 568 g/mol. The molecule has 7 aromatic rings. The quantitative estimate of drug-likeness (QED) is 0.200. The predicted molar refractivity (Wildman–Crippen MR) is 178 cm³/mol. The average Bonchev–Trinajstić information content (AvgIpc) is 3.09. The Hall–Kier alpha value is -5.81. The van der Waals surface area contributed by atoms with Crippen LogP contribution in [0.4, 0.5) is 0 Å². The van der Waals surface area contributed by atoms with Crippen LogP contribution in [0, 0.1) is 13.8 Å². The Bertz CT molecular complexity index is 2000. The monoisotopic (exact) mass is 567 g/mol. The molecule has 0 amide bonds. The smallest absolute Gasteiger partial charge is 0.164 e. The Labute approximate surface area is 257 Å². The van der Waals surface area contributed by atoms with Crippen molar-refractivity contribution in [1.29, 1.82) is 0 Å². The number of hydrogen-bond acceptors (Lipinski definition) is 5. The maximum absolute atomic E-state index is 5.02. The molecule has 0 bridgehead atoms. The largest absolute Gasteiger partial charge is 0.253 e. The number of benzene rings is 4. The van der Waals surface area contributed by atoms with Gasteiger partial charge in [0.1, 0.15) is 0 Å². The summed E-state index contributed by atoms with van der Waals surface area (Å²) in [6.07, 6.45) is 0. The predicted octanol–water partition coefficient (Wildman–Crippen LogP) is 9.28.